The van der Waals surface area contributed by atoms with Crippen LogP contribution >= 0.6 is 66.1 Å². The highest BCUT2D eigenvalue weighted by Gasteiger charge is 2.19. The van der Waals surface area contributed by atoms with Crippen molar-refractivity contribution in [3.8, 4) is 0 Å². The second kappa shape index (κ2) is 4.88. The lowest BCUT2D eigenvalue weighted by atomic mass is 10.1. The van der Waals surface area contributed by atoms with Gasteiger partial charge < -0.3 is 0 Å². The van der Waals surface area contributed by atoms with Crippen molar-refractivity contribution in [3.63, 3.8) is 0 Å². The summed E-state index contributed by atoms with van der Waals surface area (Å²) < 4.78 is 2.20. The van der Waals surface area contributed by atoms with Gasteiger partial charge in [-0.3, -0.25) is 0 Å². The molecule has 2 aromatic heterocycles. The smallest absolute Gasteiger partial charge is 0.0949 e. The van der Waals surface area contributed by atoms with Gasteiger partial charge in [0.2, 0.25) is 0 Å². The molecule has 0 radical (unpaired) electrons. The predicted molar refractivity (Wildman–Crippen MR) is 76.5 cm³/mol. The minimum Gasteiger partial charge on any atom is -0.147 e. The number of hydrogen-bond acceptors (Lipinski definition) is 2. The number of alkyl halides is 1. The van der Waals surface area contributed by atoms with Gasteiger partial charge in [-0.15, -0.1) is 34.3 Å². The minimum atomic E-state index is -0.0538. The van der Waals surface area contributed by atoms with E-state index >= 15 is 0 Å². The summed E-state index contributed by atoms with van der Waals surface area (Å²) in [6.45, 7) is 2.09. The summed E-state index contributed by atoms with van der Waals surface area (Å²) in [4.78, 5) is 1.22. The van der Waals surface area contributed by atoms with Crippen molar-refractivity contribution < 1.29 is 0 Å². The van der Waals surface area contributed by atoms with E-state index in [1.54, 1.807) is 22.7 Å². The molecule has 1 unspecified atom stereocenters. The maximum atomic E-state index is 6.46. The third kappa shape index (κ3) is 2.50. The molecule has 0 aliphatic carbocycles. The summed E-state index contributed by atoms with van der Waals surface area (Å²) in [6, 6.07) is 4.18. The largest absolute Gasteiger partial charge is 0.147 e. The fourth-order valence-corrected chi connectivity index (χ4v) is 5.83. The summed E-state index contributed by atoms with van der Waals surface area (Å²) in [5, 5.41) is 2.02. The Bertz CT molecular complexity index is 475. The van der Waals surface area contributed by atoms with Crippen molar-refractivity contribution >= 4 is 66.1 Å². The van der Waals surface area contributed by atoms with Crippen LogP contribution in [0.3, 0.4) is 0 Å². The monoisotopic (exact) mass is 384 g/mol. The Kier molecular flexibility index (Phi) is 3.94. The molecule has 2 aromatic rings. The molecule has 1 atom stereocenters. The van der Waals surface area contributed by atoms with Crippen LogP contribution in [0.4, 0.5) is 0 Å². The van der Waals surface area contributed by atoms with E-state index in [1.165, 1.54) is 10.4 Å². The lowest BCUT2D eigenvalue weighted by molar-refractivity contribution is 1.16. The molecule has 0 saturated carbocycles. The molecule has 15 heavy (non-hydrogen) atoms. The first-order valence-electron chi connectivity index (χ1n) is 4.22. The maximum absolute atomic E-state index is 6.46. The third-order valence-corrected chi connectivity index (χ3v) is 6.14. The lowest BCUT2D eigenvalue weighted by Crippen LogP contribution is -1.90. The van der Waals surface area contributed by atoms with E-state index in [1.807, 2.05) is 0 Å². The van der Waals surface area contributed by atoms with Gasteiger partial charge in [-0.1, -0.05) is 0 Å². The van der Waals surface area contributed by atoms with Crippen molar-refractivity contribution in [2.75, 3.05) is 0 Å². The Labute approximate surface area is 119 Å². The highest BCUT2D eigenvalue weighted by atomic mass is 79.9. The summed E-state index contributed by atoms with van der Waals surface area (Å²) in [7, 11) is 0. The molecule has 5 heteroatoms. The molecule has 0 aliphatic heterocycles. The normalized spacial score (nSPS) is 13.1. The molecule has 0 saturated heterocycles. The van der Waals surface area contributed by atoms with Gasteiger partial charge >= 0.3 is 0 Å². The average molecular weight is 387 g/mol. The van der Waals surface area contributed by atoms with Gasteiger partial charge in [-0.25, -0.2) is 0 Å². The van der Waals surface area contributed by atoms with E-state index in [4.69, 9.17) is 11.6 Å². The van der Waals surface area contributed by atoms with E-state index in [2.05, 4.69) is 56.3 Å². The van der Waals surface area contributed by atoms with Crippen molar-refractivity contribution in [2.24, 2.45) is 0 Å². The molecule has 80 valence electrons. The van der Waals surface area contributed by atoms with Gasteiger partial charge in [-0.05, 0) is 61.9 Å². The summed E-state index contributed by atoms with van der Waals surface area (Å²) in [5.41, 5.74) is 2.40. The number of aryl methyl sites for hydroxylation is 1. The topological polar surface area (TPSA) is 0 Å². The summed E-state index contributed by atoms with van der Waals surface area (Å²) in [6.07, 6.45) is 0. The predicted octanol–water partition coefficient (Wildman–Crippen LogP) is 5.97. The Balaban J connectivity index is 2.40. The number of thiophene rings is 2. The van der Waals surface area contributed by atoms with Gasteiger partial charge in [0.15, 0.2) is 0 Å². The first kappa shape index (κ1) is 12.1. The maximum Gasteiger partial charge on any atom is 0.0949 e. The molecule has 0 aromatic carbocycles. The Morgan fingerprint density at radius 3 is 2.60 bits per heavy atom. The Hall–Kier alpha value is 0.650. The molecule has 0 spiro atoms. The van der Waals surface area contributed by atoms with Crippen molar-refractivity contribution in [3.05, 3.63) is 41.1 Å². The zero-order chi connectivity index (χ0) is 11.0. The SMILES string of the molecule is Cc1ccsc1C(Cl)c1cc(Br)sc1Br. The van der Waals surface area contributed by atoms with Gasteiger partial charge in [0.1, 0.15) is 0 Å². The number of halogens is 3. The average Bonchev–Trinajstić information content (AvgIpc) is 2.71. The summed E-state index contributed by atoms with van der Waals surface area (Å²) >= 11 is 16.8. The van der Waals surface area contributed by atoms with Crippen LogP contribution in [-0.4, -0.2) is 0 Å². The van der Waals surface area contributed by atoms with Crippen LogP contribution in [0.15, 0.2) is 25.1 Å². The van der Waals surface area contributed by atoms with Gasteiger partial charge in [-0.2, -0.15) is 0 Å². The summed E-state index contributed by atoms with van der Waals surface area (Å²) in [5.74, 6) is 0. The van der Waals surface area contributed by atoms with Crippen molar-refractivity contribution in [1.82, 2.24) is 0 Å². The van der Waals surface area contributed by atoms with E-state index in [9.17, 15) is 0 Å². The zero-order valence-corrected chi connectivity index (χ0v) is 13.3. The van der Waals surface area contributed by atoms with Crippen LogP contribution < -0.4 is 0 Å². The fourth-order valence-electron chi connectivity index (χ4n) is 1.31. The first-order valence-corrected chi connectivity index (χ1v) is 7.94. The second-order valence-electron chi connectivity index (χ2n) is 3.11. The lowest BCUT2D eigenvalue weighted by Gasteiger charge is -2.07. The minimum absolute atomic E-state index is 0.0538. The standard InChI is InChI=1S/C10H7Br2ClS2/c1-5-2-3-14-9(5)8(13)6-4-7(11)15-10(6)12/h2-4,8H,1H3. The fraction of sp³-hybridized carbons (Fsp3) is 0.200. The van der Waals surface area contributed by atoms with Crippen molar-refractivity contribution in [1.29, 1.82) is 0 Å². The highest BCUT2D eigenvalue weighted by Crippen LogP contribution is 2.42. The molecule has 0 bridgehead atoms. The number of hydrogen-bond donors (Lipinski definition) is 0. The van der Waals surface area contributed by atoms with Crippen molar-refractivity contribution in [2.45, 2.75) is 12.3 Å². The second-order valence-corrected chi connectivity index (χ2v) is 8.24. The first-order chi connectivity index (χ1) is 7.09. The van der Waals surface area contributed by atoms with E-state index < -0.39 is 0 Å². The van der Waals surface area contributed by atoms with Crippen LogP contribution in [-0.2, 0) is 0 Å². The molecular formula is C10H7Br2ClS2. The van der Waals surface area contributed by atoms with Crippen LogP contribution in [0.2, 0.25) is 0 Å². The molecule has 0 nitrogen and oxygen atoms in total. The quantitative estimate of drug-likeness (QED) is 0.558. The van der Waals surface area contributed by atoms with Crippen LogP contribution in [0, 0.1) is 6.92 Å². The Morgan fingerprint density at radius 2 is 2.13 bits per heavy atom. The van der Waals surface area contributed by atoms with E-state index in [0.29, 0.717) is 0 Å². The van der Waals surface area contributed by atoms with Crippen LogP contribution in [0.1, 0.15) is 21.4 Å². The van der Waals surface area contributed by atoms with Gasteiger partial charge in [0.25, 0.3) is 0 Å². The van der Waals surface area contributed by atoms with Crippen LogP contribution in [0.25, 0.3) is 0 Å². The van der Waals surface area contributed by atoms with Crippen LogP contribution in [0.5, 0.6) is 0 Å². The number of rotatable bonds is 2. The Morgan fingerprint density at radius 1 is 1.40 bits per heavy atom. The molecule has 0 aliphatic rings. The highest BCUT2D eigenvalue weighted by molar-refractivity contribution is 9.12. The molecule has 0 amide bonds. The molecule has 0 N–H and O–H groups in total. The van der Waals surface area contributed by atoms with Gasteiger partial charge in [0, 0.05) is 10.4 Å². The van der Waals surface area contributed by atoms with E-state index in [-0.39, 0.29) is 5.38 Å². The third-order valence-electron chi connectivity index (χ3n) is 2.09. The molecule has 2 heterocycles. The molecule has 2 rings (SSSR count). The molecular weight excluding hydrogens is 380 g/mol. The van der Waals surface area contributed by atoms with E-state index in [0.717, 1.165) is 13.1 Å². The zero-order valence-electron chi connectivity index (χ0n) is 7.76. The molecule has 0 fully saturated rings. The van der Waals surface area contributed by atoms with Gasteiger partial charge in [0.05, 0.1) is 12.9 Å².